The van der Waals surface area contributed by atoms with Crippen LogP contribution in [0.15, 0.2) is 33.3 Å². The lowest BCUT2D eigenvalue weighted by atomic mass is 10.2. The van der Waals surface area contributed by atoms with Crippen LogP contribution in [-0.2, 0) is 0 Å². The third-order valence-electron chi connectivity index (χ3n) is 2.33. The van der Waals surface area contributed by atoms with Crippen LogP contribution >= 0.6 is 43.5 Å². The standard InChI is InChI=1S/C12H8Br2ClFN2/c1-6-2-3-17-12(10(6)14)18-11-8(13)4-7(16)5-9(11)15/h2-5H,1H3,(H,17,18). The summed E-state index contributed by atoms with van der Waals surface area (Å²) in [5, 5.41) is 3.36. The number of benzene rings is 1. The Morgan fingerprint density at radius 3 is 2.72 bits per heavy atom. The minimum absolute atomic E-state index is 0.289. The normalized spacial score (nSPS) is 10.5. The van der Waals surface area contributed by atoms with Crippen molar-refractivity contribution >= 4 is 55.0 Å². The summed E-state index contributed by atoms with van der Waals surface area (Å²) < 4.78 is 14.5. The number of hydrogen-bond donors (Lipinski definition) is 1. The minimum atomic E-state index is -0.395. The predicted octanol–water partition coefficient (Wildman–Crippen LogP) is 5.45. The van der Waals surface area contributed by atoms with Crippen molar-refractivity contribution in [2.45, 2.75) is 6.92 Å². The van der Waals surface area contributed by atoms with Crippen LogP contribution in [0.25, 0.3) is 0 Å². The van der Waals surface area contributed by atoms with E-state index in [1.54, 1.807) is 6.20 Å². The Kier molecular flexibility index (Phi) is 4.25. The van der Waals surface area contributed by atoms with Gasteiger partial charge in [-0.15, -0.1) is 0 Å². The van der Waals surface area contributed by atoms with Gasteiger partial charge in [0.25, 0.3) is 0 Å². The summed E-state index contributed by atoms with van der Waals surface area (Å²) in [5.41, 5.74) is 1.62. The van der Waals surface area contributed by atoms with Crippen LogP contribution in [0.1, 0.15) is 5.56 Å². The summed E-state index contributed by atoms with van der Waals surface area (Å²) in [4.78, 5) is 4.21. The zero-order chi connectivity index (χ0) is 13.3. The molecule has 2 rings (SSSR count). The van der Waals surface area contributed by atoms with Gasteiger partial charge in [0.15, 0.2) is 0 Å². The Labute approximate surface area is 126 Å². The summed E-state index contributed by atoms with van der Waals surface area (Å²) in [5.74, 6) is 0.234. The Bertz CT molecular complexity index is 582. The van der Waals surface area contributed by atoms with Gasteiger partial charge in [0.05, 0.1) is 15.2 Å². The van der Waals surface area contributed by atoms with Crippen LogP contribution in [0.4, 0.5) is 15.9 Å². The van der Waals surface area contributed by atoms with Gasteiger partial charge in [-0.2, -0.15) is 0 Å². The molecule has 0 spiro atoms. The van der Waals surface area contributed by atoms with Crippen molar-refractivity contribution in [2.75, 3.05) is 5.32 Å². The number of hydrogen-bond acceptors (Lipinski definition) is 2. The lowest BCUT2D eigenvalue weighted by Crippen LogP contribution is -1.98. The average Bonchev–Trinajstić information content (AvgIpc) is 2.28. The molecule has 2 aromatic rings. The number of nitrogens with zero attached hydrogens (tertiary/aromatic N) is 1. The Hall–Kier alpha value is -0.650. The highest BCUT2D eigenvalue weighted by Crippen LogP contribution is 2.35. The average molecular weight is 394 g/mol. The van der Waals surface area contributed by atoms with Gasteiger partial charge < -0.3 is 5.32 Å². The molecule has 0 aliphatic rings. The van der Waals surface area contributed by atoms with Gasteiger partial charge in [-0.1, -0.05) is 11.6 Å². The van der Waals surface area contributed by atoms with Gasteiger partial charge in [0.1, 0.15) is 11.6 Å². The van der Waals surface area contributed by atoms with Crippen molar-refractivity contribution in [3.8, 4) is 0 Å². The van der Waals surface area contributed by atoms with Crippen molar-refractivity contribution < 1.29 is 4.39 Å². The quantitative estimate of drug-likeness (QED) is 0.733. The Morgan fingerprint density at radius 2 is 2.06 bits per heavy atom. The molecule has 0 saturated heterocycles. The molecule has 6 heteroatoms. The maximum absolute atomic E-state index is 13.1. The summed E-state index contributed by atoms with van der Waals surface area (Å²) in [6.07, 6.45) is 1.69. The van der Waals surface area contributed by atoms with Gasteiger partial charge in [-0.3, -0.25) is 0 Å². The molecular weight excluding hydrogens is 386 g/mol. The zero-order valence-corrected chi connectivity index (χ0v) is 13.2. The minimum Gasteiger partial charge on any atom is -0.337 e. The van der Waals surface area contributed by atoms with Crippen molar-refractivity contribution in [1.29, 1.82) is 0 Å². The highest BCUT2D eigenvalue weighted by molar-refractivity contribution is 9.11. The van der Waals surface area contributed by atoms with Gasteiger partial charge in [-0.05, 0) is 62.5 Å². The van der Waals surface area contributed by atoms with Crippen LogP contribution in [0, 0.1) is 12.7 Å². The molecule has 1 N–H and O–H groups in total. The molecule has 2 nitrogen and oxygen atoms in total. The van der Waals surface area contributed by atoms with Gasteiger partial charge in [-0.25, -0.2) is 9.37 Å². The molecule has 0 unspecified atom stereocenters. The van der Waals surface area contributed by atoms with Crippen LogP contribution in [-0.4, -0.2) is 4.98 Å². The lowest BCUT2D eigenvalue weighted by molar-refractivity contribution is 0.627. The SMILES string of the molecule is Cc1ccnc(Nc2c(Cl)cc(F)cc2Br)c1Br. The van der Waals surface area contributed by atoms with Crippen molar-refractivity contribution in [2.24, 2.45) is 0 Å². The fourth-order valence-electron chi connectivity index (χ4n) is 1.41. The second kappa shape index (κ2) is 5.55. The van der Waals surface area contributed by atoms with Crippen molar-refractivity contribution in [1.82, 2.24) is 4.98 Å². The van der Waals surface area contributed by atoms with E-state index < -0.39 is 5.82 Å². The molecular formula is C12H8Br2ClFN2. The van der Waals surface area contributed by atoms with Crippen molar-refractivity contribution in [3.63, 3.8) is 0 Å². The van der Waals surface area contributed by atoms with Gasteiger partial charge in [0, 0.05) is 10.7 Å². The third-order valence-corrected chi connectivity index (χ3v) is 4.26. The Balaban J connectivity index is 2.43. The zero-order valence-electron chi connectivity index (χ0n) is 9.27. The van der Waals surface area contributed by atoms with Crippen LogP contribution < -0.4 is 5.32 Å². The van der Waals surface area contributed by atoms with E-state index in [9.17, 15) is 4.39 Å². The molecule has 0 amide bonds. The number of aromatic nitrogens is 1. The third kappa shape index (κ3) is 2.84. The van der Waals surface area contributed by atoms with E-state index in [4.69, 9.17) is 11.6 Å². The molecule has 1 aromatic heterocycles. The lowest BCUT2D eigenvalue weighted by Gasteiger charge is -2.12. The van der Waals surface area contributed by atoms with E-state index in [0.29, 0.717) is 16.0 Å². The highest BCUT2D eigenvalue weighted by atomic mass is 79.9. The number of anilines is 2. The number of aryl methyl sites for hydroxylation is 1. The smallest absolute Gasteiger partial charge is 0.144 e. The molecule has 1 heterocycles. The molecule has 0 fully saturated rings. The first-order chi connectivity index (χ1) is 8.49. The van der Waals surface area contributed by atoms with Crippen LogP contribution in [0.5, 0.6) is 0 Å². The van der Waals surface area contributed by atoms with E-state index in [-0.39, 0.29) is 5.02 Å². The largest absolute Gasteiger partial charge is 0.337 e. The predicted molar refractivity (Wildman–Crippen MR) is 79.1 cm³/mol. The first kappa shape index (κ1) is 13.8. The van der Waals surface area contributed by atoms with E-state index in [0.717, 1.165) is 10.0 Å². The molecule has 0 atom stereocenters. The second-order valence-electron chi connectivity index (χ2n) is 3.66. The summed E-state index contributed by atoms with van der Waals surface area (Å²) in [7, 11) is 0. The number of nitrogens with one attached hydrogen (secondary N) is 1. The molecule has 0 radical (unpaired) electrons. The number of rotatable bonds is 2. The molecule has 0 aliphatic heterocycles. The molecule has 0 aliphatic carbocycles. The summed E-state index contributed by atoms with van der Waals surface area (Å²) >= 11 is 12.7. The van der Waals surface area contributed by atoms with E-state index in [2.05, 4.69) is 42.2 Å². The van der Waals surface area contributed by atoms with E-state index in [1.165, 1.54) is 12.1 Å². The first-order valence-corrected chi connectivity index (χ1v) is 6.98. The van der Waals surface area contributed by atoms with Crippen LogP contribution in [0.3, 0.4) is 0 Å². The number of halogens is 4. The fourth-order valence-corrected chi connectivity index (χ4v) is 2.64. The Morgan fingerprint density at radius 1 is 1.33 bits per heavy atom. The summed E-state index contributed by atoms with van der Waals surface area (Å²) in [6.45, 7) is 1.96. The van der Waals surface area contributed by atoms with E-state index >= 15 is 0 Å². The van der Waals surface area contributed by atoms with Crippen LogP contribution in [0.2, 0.25) is 5.02 Å². The maximum Gasteiger partial charge on any atom is 0.144 e. The fraction of sp³-hybridized carbons (Fsp3) is 0.0833. The maximum atomic E-state index is 13.1. The summed E-state index contributed by atoms with van der Waals surface area (Å²) in [6, 6.07) is 4.48. The molecule has 0 bridgehead atoms. The van der Waals surface area contributed by atoms with Crippen molar-refractivity contribution in [3.05, 3.63) is 49.7 Å². The molecule has 94 valence electrons. The monoisotopic (exact) mass is 392 g/mol. The van der Waals surface area contributed by atoms with E-state index in [1.807, 2.05) is 13.0 Å². The molecule has 18 heavy (non-hydrogen) atoms. The second-order valence-corrected chi connectivity index (χ2v) is 5.71. The highest BCUT2D eigenvalue weighted by Gasteiger charge is 2.11. The van der Waals surface area contributed by atoms with Gasteiger partial charge >= 0.3 is 0 Å². The molecule has 1 aromatic carbocycles. The first-order valence-electron chi connectivity index (χ1n) is 5.01. The topological polar surface area (TPSA) is 24.9 Å². The van der Waals surface area contributed by atoms with Gasteiger partial charge in [0.2, 0.25) is 0 Å². The number of pyridine rings is 1. The molecule has 0 saturated carbocycles.